The Hall–Kier alpha value is -1.84. The van der Waals surface area contributed by atoms with Crippen LogP contribution in [-0.2, 0) is 14.3 Å². The molecule has 0 aromatic heterocycles. The van der Waals surface area contributed by atoms with Crippen LogP contribution < -0.4 is 0 Å². The lowest BCUT2D eigenvalue weighted by Crippen LogP contribution is -2.41. The minimum absolute atomic E-state index is 0.240. The van der Waals surface area contributed by atoms with E-state index in [4.69, 9.17) is 9.47 Å². The highest BCUT2D eigenvalue weighted by Crippen LogP contribution is 2.44. The summed E-state index contributed by atoms with van der Waals surface area (Å²) in [5.41, 5.74) is -0.168. The number of ether oxygens (including phenoxy) is 2. The molecule has 1 saturated carbocycles. The van der Waals surface area contributed by atoms with Gasteiger partial charge in [0.15, 0.2) is 0 Å². The molecule has 0 bridgehead atoms. The zero-order chi connectivity index (χ0) is 15.3. The lowest BCUT2D eigenvalue weighted by Gasteiger charge is -2.31. The van der Waals surface area contributed by atoms with E-state index in [9.17, 15) is 9.59 Å². The molecule has 1 fully saturated rings. The van der Waals surface area contributed by atoms with Crippen LogP contribution in [0.3, 0.4) is 0 Å². The van der Waals surface area contributed by atoms with Crippen LogP contribution in [0.1, 0.15) is 49.9 Å². The first kappa shape index (κ1) is 15.5. The van der Waals surface area contributed by atoms with Crippen LogP contribution in [0.4, 0.5) is 0 Å². The van der Waals surface area contributed by atoms with Gasteiger partial charge in [0.05, 0.1) is 12.2 Å². The first-order valence-corrected chi connectivity index (χ1v) is 7.57. The van der Waals surface area contributed by atoms with Gasteiger partial charge in [-0.2, -0.15) is 0 Å². The average molecular weight is 290 g/mol. The molecule has 1 aromatic carbocycles. The number of rotatable bonds is 5. The van der Waals surface area contributed by atoms with Crippen molar-refractivity contribution in [2.45, 2.75) is 45.6 Å². The minimum atomic E-state index is -0.680. The molecule has 4 nitrogen and oxygen atoms in total. The second-order valence-corrected chi connectivity index (χ2v) is 5.38. The lowest BCUT2D eigenvalue weighted by molar-refractivity contribution is -0.161. The predicted molar refractivity (Wildman–Crippen MR) is 78.9 cm³/mol. The van der Waals surface area contributed by atoms with Gasteiger partial charge in [-0.3, -0.25) is 4.79 Å². The fourth-order valence-electron chi connectivity index (χ4n) is 3.04. The fraction of sp³-hybridized carbons (Fsp3) is 0.529. The average Bonchev–Trinajstić information content (AvgIpc) is 2.92. The Morgan fingerprint density at radius 2 is 1.95 bits per heavy atom. The highest BCUT2D eigenvalue weighted by atomic mass is 16.6. The zero-order valence-electron chi connectivity index (χ0n) is 12.6. The molecule has 1 aromatic rings. The molecule has 0 heterocycles. The van der Waals surface area contributed by atoms with Gasteiger partial charge < -0.3 is 9.47 Å². The van der Waals surface area contributed by atoms with Crippen LogP contribution in [-0.4, -0.2) is 24.6 Å². The van der Waals surface area contributed by atoms with E-state index in [1.165, 1.54) is 0 Å². The number of carbonyl (C=O) groups is 2. The van der Waals surface area contributed by atoms with Crippen molar-refractivity contribution in [3.63, 3.8) is 0 Å². The van der Waals surface area contributed by atoms with Crippen molar-refractivity contribution in [3.8, 4) is 0 Å². The van der Waals surface area contributed by atoms with E-state index in [0.717, 1.165) is 12.8 Å². The van der Waals surface area contributed by atoms with Crippen molar-refractivity contribution in [2.75, 3.05) is 6.61 Å². The summed E-state index contributed by atoms with van der Waals surface area (Å²) >= 11 is 0. The number of benzene rings is 1. The summed E-state index contributed by atoms with van der Waals surface area (Å²) in [5, 5.41) is 0. The first-order valence-electron chi connectivity index (χ1n) is 7.57. The molecule has 21 heavy (non-hydrogen) atoms. The summed E-state index contributed by atoms with van der Waals surface area (Å²) in [5.74, 6) is -0.611. The van der Waals surface area contributed by atoms with E-state index in [2.05, 4.69) is 0 Å². The standard InChI is InChI=1S/C17H22O4/c1-3-17(16(19)20-4-2)12-8-11-14(17)21-15(18)13-9-6-5-7-10-13/h5-7,9-10,14H,3-4,8,11-12H2,1-2H3. The molecule has 2 atom stereocenters. The van der Waals surface area contributed by atoms with Crippen molar-refractivity contribution in [1.29, 1.82) is 0 Å². The van der Waals surface area contributed by atoms with Crippen LogP contribution in [0.25, 0.3) is 0 Å². The Kier molecular flexibility index (Phi) is 4.99. The highest BCUT2D eigenvalue weighted by Gasteiger charge is 2.51. The zero-order valence-corrected chi connectivity index (χ0v) is 12.6. The molecule has 0 N–H and O–H groups in total. The van der Waals surface area contributed by atoms with Gasteiger partial charge in [-0.15, -0.1) is 0 Å². The van der Waals surface area contributed by atoms with Crippen LogP contribution >= 0.6 is 0 Å². The third kappa shape index (κ3) is 3.09. The predicted octanol–water partition coefficient (Wildman–Crippen LogP) is 3.36. The summed E-state index contributed by atoms with van der Waals surface area (Å²) in [6.07, 6.45) is 2.53. The number of esters is 2. The molecule has 2 unspecified atom stereocenters. The van der Waals surface area contributed by atoms with E-state index in [1.54, 1.807) is 31.2 Å². The molecule has 2 rings (SSSR count). The van der Waals surface area contributed by atoms with E-state index >= 15 is 0 Å². The smallest absolute Gasteiger partial charge is 0.338 e. The number of carbonyl (C=O) groups excluding carboxylic acids is 2. The summed E-state index contributed by atoms with van der Waals surface area (Å²) in [6.45, 7) is 4.09. The van der Waals surface area contributed by atoms with E-state index in [0.29, 0.717) is 25.0 Å². The first-order chi connectivity index (χ1) is 10.1. The van der Waals surface area contributed by atoms with Crippen LogP contribution in [0.5, 0.6) is 0 Å². The largest absolute Gasteiger partial charge is 0.465 e. The summed E-state index contributed by atoms with van der Waals surface area (Å²) in [7, 11) is 0. The molecule has 114 valence electrons. The van der Waals surface area contributed by atoms with Gasteiger partial charge >= 0.3 is 11.9 Å². The molecule has 1 aliphatic carbocycles. The Morgan fingerprint density at radius 1 is 1.24 bits per heavy atom. The molecule has 0 saturated heterocycles. The van der Waals surface area contributed by atoms with Gasteiger partial charge in [-0.05, 0) is 44.7 Å². The molecular weight excluding hydrogens is 268 g/mol. The maximum Gasteiger partial charge on any atom is 0.338 e. The maximum absolute atomic E-state index is 12.3. The summed E-state index contributed by atoms with van der Waals surface area (Å²) in [6, 6.07) is 8.87. The van der Waals surface area contributed by atoms with Crippen molar-refractivity contribution in [1.82, 2.24) is 0 Å². The van der Waals surface area contributed by atoms with Gasteiger partial charge in [0.2, 0.25) is 0 Å². The molecule has 0 amide bonds. The van der Waals surface area contributed by atoms with E-state index < -0.39 is 11.5 Å². The van der Waals surface area contributed by atoms with Crippen LogP contribution in [0, 0.1) is 5.41 Å². The second-order valence-electron chi connectivity index (χ2n) is 5.38. The van der Waals surface area contributed by atoms with Gasteiger partial charge in [0.25, 0.3) is 0 Å². The van der Waals surface area contributed by atoms with Gasteiger partial charge in [0, 0.05) is 0 Å². The second kappa shape index (κ2) is 6.74. The van der Waals surface area contributed by atoms with Gasteiger partial charge in [0.1, 0.15) is 11.5 Å². The van der Waals surface area contributed by atoms with Gasteiger partial charge in [-0.1, -0.05) is 25.1 Å². The van der Waals surface area contributed by atoms with Crippen LogP contribution in [0.2, 0.25) is 0 Å². The molecule has 0 aliphatic heterocycles. The summed E-state index contributed by atoms with van der Waals surface area (Å²) < 4.78 is 10.8. The quantitative estimate of drug-likeness (QED) is 0.780. The third-order valence-corrected chi connectivity index (χ3v) is 4.28. The number of hydrogen-bond donors (Lipinski definition) is 0. The minimum Gasteiger partial charge on any atom is -0.465 e. The van der Waals surface area contributed by atoms with Crippen molar-refractivity contribution in [3.05, 3.63) is 35.9 Å². The Morgan fingerprint density at radius 3 is 2.57 bits per heavy atom. The van der Waals surface area contributed by atoms with E-state index in [1.807, 2.05) is 13.0 Å². The maximum atomic E-state index is 12.3. The topological polar surface area (TPSA) is 52.6 Å². The van der Waals surface area contributed by atoms with Crippen molar-refractivity contribution < 1.29 is 19.1 Å². The molecule has 1 aliphatic rings. The Bertz CT molecular complexity index is 497. The Labute approximate surface area is 125 Å². The van der Waals surface area contributed by atoms with E-state index in [-0.39, 0.29) is 11.9 Å². The molecule has 0 radical (unpaired) electrons. The third-order valence-electron chi connectivity index (χ3n) is 4.28. The molecule has 0 spiro atoms. The normalized spacial score (nSPS) is 24.6. The Balaban J connectivity index is 2.14. The SMILES string of the molecule is CCOC(=O)C1(CC)CCCC1OC(=O)c1ccccc1. The van der Waals surface area contributed by atoms with Crippen LogP contribution in [0.15, 0.2) is 30.3 Å². The number of hydrogen-bond acceptors (Lipinski definition) is 4. The lowest BCUT2D eigenvalue weighted by atomic mass is 9.81. The monoisotopic (exact) mass is 290 g/mol. The van der Waals surface area contributed by atoms with Gasteiger partial charge in [-0.25, -0.2) is 4.79 Å². The summed E-state index contributed by atoms with van der Waals surface area (Å²) in [4.78, 5) is 24.5. The highest BCUT2D eigenvalue weighted by molar-refractivity contribution is 5.90. The van der Waals surface area contributed by atoms with Crippen molar-refractivity contribution in [2.24, 2.45) is 5.41 Å². The fourth-order valence-corrected chi connectivity index (χ4v) is 3.04. The molecule has 4 heteroatoms. The van der Waals surface area contributed by atoms with Crippen molar-refractivity contribution >= 4 is 11.9 Å². The molecular formula is C17H22O4.